The molecule has 0 amide bonds. The fourth-order valence-corrected chi connectivity index (χ4v) is 1.67. The molecule has 0 saturated heterocycles. The van der Waals surface area contributed by atoms with Gasteiger partial charge < -0.3 is 16.4 Å². The zero-order valence-corrected chi connectivity index (χ0v) is 10.2. The average molecular weight is 244 g/mol. The molecule has 1 aromatic carbocycles. The van der Waals surface area contributed by atoms with E-state index in [1.54, 1.807) is 0 Å². The summed E-state index contributed by atoms with van der Waals surface area (Å²) >= 11 is 0. The second kappa shape index (κ2) is 5.31. The molecule has 2 aromatic rings. The molecule has 94 valence electrons. The highest BCUT2D eigenvalue weighted by molar-refractivity contribution is 5.40. The predicted octanol–water partition coefficient (Wildman–Crippen LogP) is 1.06. The van der Waals surface area contributed by atoms with Gasteiger partial charge in [-0.1, -0.05) is 30.3 Å². The summed E-state index contributed by atoms with van der Waals surface area (Å²) < 4.78 is 0. The molecule has 18 heavy (non-hydrogen) atoms. The predicted molar refractivity (Wildman–Crippen MR) is 71.8 cm³/mol. The highest BCUT2D eigenvalue weighted by Gasteiger charge is 2.10. The summed E-state index contributed by atoms with van der Waals surface area (Å²) in [7, 11) is 0. The highest BCUT2D eigenvalue weighted by Crippen LogP contribution is 2.13. The van der Waals surface area contributed by atoms with Gasteiger partial charge in [0, 0.05) is 13.1 Å². The van der Waals surface area contributed by atoms with E-state index in [1.807, 2.05) is 30.0 Å². The molecular formula is C12H16N6. The largest absolute Gasteiger partial charge is 0.368 e. The Morgan fingerprint density at radius 3 is 2.17 bits per heavy atom. The van der Waals surface area contributed by atoms with Crippen molar-refractivity contribution in [2.24, 2.45) is 0 Å². The molecule has 0 aliphatic carbocycles. The Balaban J connectivity index is 2.23. The van der Waals surface area contributed by atoms with Crippen molar-refractivity contribution in [3.63, 3.8) is 0 Å². The van der Waals surface area contributed by atoms with Gasteiger partial charge in [0.25, 0.3) is 0 Å². The van der Waals surface area contributed by atoms with Crippen molar-refractivity contribution in [2.75, 3.05) is 22.9 Å². The van der Waals surface area contributed by atoms with Crippen molar-refractivity contribution < 1.29 is 0 Å². The van der Waals surface area contributed by atoms with Crippen LogP contribution in [0.15, 0.2) is 30.3 Å². The van der Waals surface area contributed by atoms with E-state index in [-0.39, 0.29) is 11.9 Å². The number of hydrogen-bond donors (Lipinski definition) is 2. The van der Waals surface area contributed by atoms with Gasteiger partial charge in [-0.3, -0.25) is 0 Å². The molecule has 0 aliphatic rings. The normalized spacial score (nSPS) is 10.3. The first-order chi connectivity index (χ1) is 8.69. The lowest BCUT2D eigenvalue weighted by atomic mass is 10.2. The first-order valence-corrected chi connectivity index (χ1v) is 5.75. The molecule has 4 N–H and O–H groups in total. The van der Waals surface area contributed by atoms with Gasteiger partial charge in [0.05, 0.1) is 0 Å². The maximum atomic E-state index is 5.58. The lowest BCUT2D eigenvalue weighted by Crippen LogP contribution is -2.25. The minimum atomic E-state index is 0.143. The number of rotatable bonds is 4. The van der Waals surface area contributed by atoms with Crippen LogP contribution in [-0.2, 0) is 6.54 Å². The number of nitrogens with zero attached hydrogens (tertiary/aromatic N) is 4. The smallest absolute Gasteiger partial charge is 0.232 e. The number of aromatic nitrogens is 3. The Labute approximate surface area is 106 Å². The molecule has 0 fully saturated rings. The summed E-state index contributed by atoms with van der Waals surface area (Å²) in [6, 6.07) is 10.1. The molecule has 6 nitrogen and oxygen atoms in total. The third kappa shape index (κ3) is 2.85. The summed E-state index contributed by atoms with van der Waals surface area (Å²) in [4.78, 5) is 14.0. The minimum Gasteiger partial charge on any atom is -0.368 e. The lowest BCUT2D eigenvalue weighted by Gasteiger charge is -2.20. The molecule has 0 radical (unpaired) electrons. The Morgan fingerprint density at radius 1 is 1.00 bits per heavy atom. The van der Waals surface area contributed by atoms with Crippen molar-refractivity contribution in [1.82, 2.24) is 15.0 Å². The summed E-state index contributed by atoms with van der Waals surface area (Å²) in [6.45, 7) is 3.50. The highest BCUT2D eigenvalue weighted by atomic mass is 15.3. The van der Waals surface area contributed by atoms with Gasteiger partial charge in [-0.2, -0.15) is 15.0 Å². The number of nitrogen functional groups attached to an aromatic ring is 2. The van der Waals surface area contributed by atoms with Crippen LogP contribution in [0.5, 0.6) is 0 Å². The van der Waals surface area contributed by atoms with Gasteiger partial charge in [-0.15, -0.1) is 0 Å². The lowest BCUT2D eigenvalue weighted by molar-refractivity contribution is 0.788. The van der Waals surface area contributed by atoms with Crippen LogP contribution < -0.4 is 16.4 Å². The Morgan fingerprint density at radius 2 is 1.61 bits per heavy atom. The maximum Gasteiger partial charge on any atom is 0.232 e. The number of nitrogens with two attached hydrogens (primary N) is 2. The van der Waals surface area contributed by atoms with E-state index in [0.717, 1.165) is 6.54 Å². The molecule has 0 spiro atoms. The Bertz CT molecular complexity index is 493. The van der Waals surface area contributed by atoms with Gasteiger partial charge >= 0.3 is 0 Å². The van der Waals surface area contributed by atoms with E-state index in [1.165, 1.54) is 5.56 Å². The molecule has 1 heterocycles. The summed E-state index contributed by atoms with van der Waals surface area (Å²) in [5, 5.41) is 0. The van der Waals surface area contributed by atoms with Crippen molar-refractivity contribution in [3.05, 3.63) is 35.9 Å². The molecule has 0 atom stereocenters. The van der Waals surface area contributed by atoms with E-state index in [2.05, 4.69) is 27.1 Å². The van der Waals surface area contributed by atoms with Crippen LogP contribution in [-0.4, -0.2) is 21.5 Å². The minimum absolute atomic E-state index is 0.143. The van der Waals surface area contributed by atoms with Crippen LogP contribution in [0.2, 0.25) is 0 Å². The molecule has 0 saturated carbocycles. The van der Waals surface area contributed by atoms with Crippen LogP contribution >= 0.6 is 0 Å². The summed E-state index contributed by atoms with van der Waals surface area (Å²) in [6.07, 6.45) is 0. The second-order valence-corrected chi connectivity index (χ2v) is 3.85. The van der Waals surface area contributed by atoms with Crippen LogP contribution in [0.3, 0.4) is 0 Å². The van der Waals surface area contributed by atoms with Crippen molar-refractivity contribution in [3.8, 4) is 0 Å². The van der Waals surface area contributed by atoms with E-state index >= 15 is 0 Å². The molecular weight excluding hydrogens is 228 g/mol. The molecule has 0 aliphatic heterocycles. The van der Waals surface area contributed by atoms with Gasteiger partial charge in [-0.25, -0.2) is 0 Å². The fraction of sp³-hybridized carbons (Fsp3) is 0.250. The zero-order valence-electron chi connectivity index (χ0n) is 10.2. The first-order valence-electron chi connectivity index (χ1n) is 5.75. The number of hydrogen-bond acceptors (Lipinski definition) is 6. The van der Waals surface area contributed by atoms with Crippen molar-refractivity contribution in [1.29, 1.82) is 0 Å². The monoisotopic (exact) mass is 244 g/mol. The molecule has 1 aromatic heterocycles. The third-order valence-corrected chi connectivity index (χ3v) is 2.54. The quantitative estimate of drug-likeness (QED) is 0.835. The SMILES string of the molecule is CCN(Cc1ccccc1)c1nc(N)nc(N)n1. The number of anilines is 3. The standard InChI is InChI=1S/C12H16N6/c1-2-18(8-9-6-4-3-5-7-9)12-16-10(13)15-11(14)17-12/h3-7H,2,8H2,1H3,(H4,13,14,15,16,17). The van der Waals surface area contributed by atoms with E-state index in [9.17, 15) is 0 Å². The maximum absolute atomic E-state index is 5.58. The van der Waals surface area contributed by atoms with Crippen molar-refractivity contribution >= 4 is 17.8 Å². The van der Waals surface area contributed by atoms with Crippen LogP contribution in [0.1, 0.15) is 12.5 Å². The van der Waals surface area contributed by atoms with Crippen molar-refractivity contribution in [2.45, 2.75) is 13.5 Å². The fourth-order valence-electron chi connectivity index (χ4n) is 1.67. The van der Waals surface area contributed by atoms with E-state index in [0.29, 0.717) is 12.5 Å². The van der Waals surface area contributed by atoms with Gasteiger partial charge in [-0.05, 0) is 12.5 Å². The van der Waals surface area contributed by atoms with Crippen LogP contribution in [0.25, 0.3) is 0 Å². The molecule has 2 rings (SSSR count). The van der Waals surface area contributed by atoms with Crippen LogP contribution in [0.4, 0.5) is 17.8 Å². The Hall–Kier alpha value is -2.37. The molecule has 6 heteroatoms. The van der Waals surface area contributed by atoms with Gasteiger partial charge in [0.1, 0.15) is 0 Å². The van der Waals surface area contributed by atoms with E-state index in [4.69, 9.17) is 11.5 Å². The topological polar surface area (TPSA) is 94.0 Å². The zero-order chi connectivity index (χ0) is 13.0. The van der Waals surface area contributed by atoms with Crippen LogP contribution in [0, 0.1) is 0 Å². The second-order valence-electron chi connectivity index (χ2n) is 3.85. The van der Waals surface area contributed by atoms with Gasteiger partial charge in [0.15, 0.2) is 0 Å². The van der Waals surface area contributed by atoms with E-state index < -0.39 is 0 Å². The third-order valence-electron chi connectivity index (χ3n) is 2.54. The average Bonchev–Trinajstić information content (AvgIpc) is 2.36. The number of benzene rings is 1. The summed E-state index contributed by atoms with van der Waals surface area (Å²) in [5.41, 5.74) is 12.3. The Kier molecular flexibility index (Phi) is 3.57. The first kappa shape index (κ1) is 12.1. The molecule has 0 unspecified atom stereocenters. The summed E-state index contributed by atoms with van der Waals surface area (Å²) in [5.74, 6) is 0.791. The van der Waals surface area contributed by atoms with Gasteiger partial charge in [0.2, 0.25) is 17.8 Å². The molecule has 0 bridgehead atoms.